The van der Waals surface area contributed by atoms with E-state index in [9.17, 15) is 10.1 Å². The summed E-state index contributed by atoms with van der Waals surface area (Å²) < 4.78 is 0. The zero-order valence-corrected chi connectivity index (χ0v) is 11.8. The first-order valence-electron chi connectivity index (χ1n) is 6.76. The largest absolute Gasteiger partial charge is 0.279 e. The summed E-state index contributed by atoms with van der Waals surface area (Å²) in [6.45, 7) is 4.19. The average Bonchev–Trinajstić information content (AvgIpc) is 2.46. The van der Waals surface area contributed by atoms with Crippen LogP contribution in [0.1, 0.15) is 33.1 Å². The van der Waals surface area contributed by atoms with Gasteiger partial charge in [-0.15, -0.1) is 0 Å². The first-order valence-corrected chi connectivity index (χ1v) is 6.76. The molecular formula is C15H19N3O2. The summed E-state index contributed by atoms with van der Waals surface area (Å²) in [4.78, 5) is 10.2. The minimum absolute atomic E-state index is 0.0872. The monoisotopic (exact) mass is 273 g/mol. The van der Waals surface area contributed by atoms with Crippen molar-refractivity contribution in [3.63, 3.8) is 0 Å². The third-order valence-corrected chi connectivity index (χ3v) is 3.67. The highest BCUT2D eigenvalue weighted by Crippen LogP contribution is 2.24. The Kier molecular flexibility index (Phi) is 4.50. The number of allylic oxidation sites excluding steroid dienone is 2. The van der Waals surface area contributed by atoms with Gasteiger partial charge < -0.3 is 0 Å². The predicted octanol–water partition coefficient (Wildman–Crippen LogP) is 4.13. The van der Waals surface area contributed by atoms with Crippen LogP contribution in [0.4, 0.5) is 11.4 Å². The van der Waals surface area contributed by atoms with Gasteiger partial charge in [0.05, 0.1) is 10.6 Å². The van der Waals surface area contributed by atoms with Crippen LogP contribution in [0.25, 0.3) is 0 Å². The quantitative estimate of drug-likeness (QED) is 0.388. The molecule has 0 fully saturated rings. The van der Waals surface area contributed by atoms with Crippen molar-refractivity contribution in [1.82, 2.24) is 0 Å². The molecule has 20 heavy (non-hydrogen) atoms. The van der Waals surface area contributed by atoms with Crippen molar-refractivity contribution in [2.24, 2.45) is 11.0 Å². The number of nitrogens with zero attached hydrogens (tertiary/aromatic N) is 2. The van der Waals surface area contributed by atoms with Crippen molar-refractivity contribution in [3.8, 4) is 0 Å². The van der Waals surface area contributed by atoms with Gasteiger partial charge >= 0.3 is 0 Å². The molecule has 0 amide bonds. The minimum Gasteiger partial charge on any atom is -0.279 e. The topological polar surface area (TPSA) is 67.5 Å². The van der Waals surface area contributed by atoms with Crippen LogP contribution in [-0.2, 0) is 0 Å². The molecule has 1 aromatic rings. The maximum atomic E-state index is 10.6. The van der Waals surface area contributed by atoms with Crippen LogP contribution in [0.3, 0.4) is 0 Å². The number of benzene rings is 1. The van der Waals surface area contributed by atoms with Crippen LogP contribution in [-0.4, -0.2) is 10.6 Å². The number of nitrogens with one attached hydrogen (secondary N) is 1. The van der Waals surface area contributed by atoms with Crippen LogP contribution in [0.15, 0.2) is 41.0 Å². The number of anilines is 1. The number of hydrogen-bond donors (Lipinski definition) is 1. The van der Waals surface area contributed by atoms with Crippen molar-refractivity contribution in [1.29, 1.82) is 0 Å². The standard InChI is InChI=1S/C15H19N3O2/c1-11-3-5-13(6-4-11)12(2)16-17-14-7-9-15(10-8-14)18(19)20/h3,7-10,13,17H,4-6H2,1-2H3. The summed E-state index contributed by atoms with van der Waals surface area (Å²) in [6.07, 6.45) is 5.59. The van der Waals surface area contributed by atoms with Gasteiger partial charge in [0.1, 0.15) is 0 Å². The summed E-state index contributed by atoms with van der Waals surface area (Å²) in [5.41, 5.74) is 6.34. The molecule has 0 aliphatic heterocycles. The summed E-state index contributed by atoms with van der Waals surface area (Å²) in [5.74, 6) is 0.490. The molecule has 0 spiro atoms. The summed E-state index contributed by atoms with van der Waals surface area (Å²) in [7, 11) is 0. The Morgan fingerprint density at radius 1 is 1.40 bits per heavy atom. The highest BCUT2D eigenvalue weighted by molar-refractivity contribution is 5.85. The van der Waals surface area contributed by atoms with E-state index in [-0.39, 0.29) is 5.69 Å². The minimum atomic E-state index is -0.408. The Balaban J connectivity index is 1.96. The van der Waals surface area contributed by atoms with Crippen LogP contribution < -0.4 is 5.43 Å². The van der Waals surface area contributed by atoms with Gasteiger partial charge in [0, 0.05) is 23.8 Å². The SMILES string of the molecule is CC1=CCC(C(C)=NNc2ccc([N+](=O)[O-])cc2)CC1. The second-order valence-electron chi connectivity index (χ2n) is 5.19. The Labute approximate surface area is 118 Å². The average molecular weight is 273 g/mol. The zero-order chi connectivity index (χ0) is 14.5. The second kappa shape index (κ2) is 6.32. The molecule has 1 N–H and O–H groups in total. The van der Waals surface area contributed by atoms with Crippen LogP contribution in [0.2, 0.25) is 0 Å². The fraction of sp³-hybridized carbons (Fsp3) is 0.400. The fourth-order valence-electron chi connectivity index (χ4n) is 2.25. The fourth-order valence-corrected chi connectivity index (χ4v) is 2.25. The number of hydrogen-bond acceptors (Lipinski definition) is 4. The Morgan fingerprint density at radius 2 is 2.10 bits per heavy atom. The molecule has 1 atom stereocenters. The van der Waals surface area contributed by atoms with E-state index >= 15 is 0 Å². The predicted molar refractivity (Wildman–Crippen MR) is 80.9 cm³/mol. The van der Waals surface area contributed by atoms with E-state index in [4.69, 9.17) is 0 Å². The van der Waals surface area contributed by atoms with Crippen molar-refractivity contribution < 1.29 is 4.92 Å². The molecule has 2 rings (SSSR count). The molecule has 1 aliphatic carbocycles. The van der Waals surface area contributed by atoms with Crippen molar-refractivity contribution in [2.45, 2.75) is 33.1 Å². The van der Waals surface area contributed by atoms with E-state index in [0.29, 0.717) is 5.92 Å². The highest BCUT2D eigenvalue weighted by atomic mass is 16.6. The zero-order valence-electron chi connectivity index (χ0n) is 11.8. The molecule has 0 saturated carbocycles. The molecule has 0 bridgehead atoms. The smallest absolute Gasteiger partial charge is 0.269 e. The number of rotatable bonds is 4. The molecule has 0 heterocycles. The van der Waals surface area contributed by atoms with Gasteiger partial charge in [0.2, 0.25) is 0 Å². The molecule has 5 heteroatoms. The van der Waals surface area contributed by atoms with Crippen LogP contribution in [0.5, 0.6) is 0 Å². The second-order valence-corrected chi connectivity index (χ2v) is 5.19. The van der Waals surface area contributed by atoms with Gasteiger partial charge in [-0.3, -0.25) is 15.5 Å². The molecule has 1 unspecified atom stereocenters. The molecule has 5 nitrogen and oxygen atoms in total. The summed E-state index contributed by atoms with van der Waals surface area (Å²) in [6, 6.07) is 6.28. The number of hydrazone groups is 1. The van der Waals surface area contributed by atoms with Crippen LogP contribution in [0, 0.1) is 16.0 Å². The van der Waals surface area contributed by atoms with Gasteiger partial charge in [-0.1, -0.05) is 11.6 Å². The maximum absolute atomic E-state index is 10.6. The molecule has 0 saturated heterocycles. The first kappa shape index (κ1) is 14.2. The lowest BCUT2D eigenvalue weighted by Crippen LogP contribution is -2.15. The van der Waals surface area contributed by atoms with E-state index in [1.165, 1.54) is 17.7 Å². The molecule has 1 aliphatic rings. The lowest BCUT2D eigenvalue weighted by molar-refractivity contribution is -0.384. The highest BCUT2D eigenvalue weighted by Gasteiger charge is 2.15. The van der Waals surface area contributed by atoms with Crippen LogP contribution >= 0.6 is 0 Å². The third kappa shape index (κ3) is 3.66. The van der Waals surface area contributed by atoms with Gasteiger partial charge in [-0.05, 0) is 45.2 Å². The molecule has 1 aromatic carbocycles. The number of nitro groups is 1. The molecule has 0 aromatic heterocycles. The summed E-state index contributed by atoms with van der Waals surface area (Å²) in [5, 5.41) is 14.9. The molecule has 0 radical (unpaired) electrons. The van der Waals surface area contributed by atoms with Gasteiger partial charge in [-0.25, -0.2) is 0 Å². The Bertz CT molecular complexity index is 547. The van der Waals surface area contributed by atoms with E-state index in [0.717, 1.165) is 30.7 Å². The van der Waals surface area contributed by atoms with E-state index in [1.54, 1.807) is 12.1 Å². The number of non-ortho nitro benzene ring substituents is 1. The van der Waals surface area contributed by atoms with Gasteiger partial charge in [-0.2, -0.15) is 5.10 Å². The maximum Gasteiger partial charge on any atom is 0.269 e. The molecule has 106 valence electrons. The van der Waals surface area contributed by atoms with E-state index in [2.05, 4.69) is 23.5 Å². The van der Waals surface area contributed by atoms with Gasteiger partial charge in [0.25, 0.3) is 5.69 Å². The lowest BCUT2D eigenvalue weighted by Gasteiger charge is -2.20. The van der Waals surface area contributed by atoms with Crippen molar-refractivity contribution >= 4 is 17.1 Å². The van der Waals surface area contributed by atoms with Crippen molar-refractivity contribution in [2.75, 3.05) is 5.43 Å². The van der Waals surface area contributed by atoms with Crippen molar-refractivity contribution in [3.05, 3.63) is 46.0 Å². The number of nitro benzene ring substituents is 1. The van der Waals surface area contributed by atoms with E-state index in [1.807, 2.05) is 6.92 Å². The Hall–Kier alpha value is -2.17. The first-order chi connectivity index (χ1) is 9.56. The normalized spacial score (nSPS) is 19.4. The van der Waals surface area contributed by atoms with Gasteiger partial charge in [0.15, 0.2) is 0 Å². The Morgan fingerprint density at radius 3 is 2.65 bits per heavy atom. The summed E-state index contributed by atoms with van der Waals surface area (Å²) >= 11 is 0. The lowest BCUT2D eigenvalue weighted by atomic mass is 9.87. The third-order valence-electron chi connectivity index (χ3n) is 3.67. The van der Waals surface area contributed by atoms with E-state index < -0.39 is 4.92 Å². The molecular weight excluding hydrogens is 254 g/mol.